The molecule has 0 aliphatic carbocycles. The molecule has 0 heterocycles. The van der Waals surface area contributed by atoms with Crippen molar-refractivity contribution in [3.63, 3.8) is 0 Å². The number of aryl methyl sites for hydroxylation is 1. The Morgan fingerprint density at radius 3 is 2.38 bits per heavy atom. The van der Waals surface area contributed by atoms with Gasteiger partial charge >= 0.3 is 0 Å². The molecule has 0 aliphatic rings. The number of benzene rings is 2. The first-order chi connectivity index (χ1) is 13.8. The summed E-state index contributed by atoms with van der Waals surface area (Å²) in [6, 6.07) is 13.6. The molecule has 2 atom stereocenters. The number of carbonyl (C=O) groups excluding carboxylic acids is 2. The van der Waals surface area contributed by atoms with Gasteiger partial charge in [-0.1, -0.05) is 42.8 Å². The quantitative estimate of drug-likeness (QED) is 0.610. The van der Waals surface area contributed by atoms with Crippen LogP contribution >= 0.6 is 11.8 Å². The summed E-state index contributed by atoms with van der Waals surface area (Å²) >= 11 is 1.41. The maximum absolute atomic E-state index is 14.2. The van der Waals surface area contributed by atoms with Gasteiger partial charge in [-0.25, -0.2) is 4.39 Å². The Hall–Kier alpha value is -2.34. The van der Waals surface area contributed by atoms with Gasteiger partial charge in [-0.05, 0) is 45.4 Å². The molecule has 4 nitrogen and oxygen atoms in total. The molecule has 2 rings (SSSR count). The van der Waals surface area contributed by atoms with E-state index in [1.54, 1.807) is 25.1 Å². The lowest BCUT2D eigenvalue weighted by atomic mass is 10.1. The number of thioether (sulfide) groups is 1. The van der Waals surface area contributed by atoms with Crippen molar-refractivity contribution in [3.8, 4) is 0 Å². The summed E-state index contributed by atoms with van der Waals surface area (Å²) in [7, 11) is 0. The van der Waals surface area contributed by atoms with Crippen LogP contribution in [0.4, 0.5) is 4.39 Å². The Morgan fingerprint density at radius 2 is 1.76 bits per heavy atom. The number of carbonyl (C=O) groups is 2. The first-order valence-electron chi connectivity index (χ1n) is 9.84. The number of halogens is 1. The van der Waals surface area contributed by atoms with E-state index in [0.29, 0.717) is 5.56 Å². The summed E-state index contributed by atoms with van der Waals surface area (Å²) in [6.45, 7) is 7.65. The van der Waals surface area contributed by atoms with Crippen LogP contribution in [-0.4, -0.2) is 34.6 Å². The van der Waals surface area contributed by atoms with Crippen molar-refractivity contribution in [1.82, 2.24) is 10.2 Å². The third-order valence-corrected chi connectivity index (χ3v) is 5.85. The van der Waals surface area contributed by atoms with Crippen LogP contribution in [-0.2, 0) is 16.1 Å². The molecule has 2 unspecified atom stereocenters. The fourth-order valence-electron chi connectivity index (χ4n) is 2.72. The van der Waals surface area contributed by atoms with Crippen LogP contribution < -0.4 is 5.32 Å². The summed E-state index contributed by atoms with van der Waals surface area (Å²) in [5, 5.41) is 2.91. The molecule has 29 heavy (non-hydrogen) atoms. The van der Waals surface area contributed by atoms with Crippen LogP contribution in [0.5, 0.6) is 0 Å². The number of hydrogen-bond acceptors (Lipinski definition) is 3. The van der Waals surface area contributed by atoms with Crippen LogP contribution in [0, 0.1) is 12.7 Å². The van der Waals surface area contributed by atoms with E-state index in [4.69, 9.17) is 0 Å². The third kappa shape index (κ3) is 6.89. The zero-order valence-electron chi connectivity index (χ0n) is 17.4. The summed E-state index contributed by atoms with van der Waals surface area (Å²) in [5.74, 6) is -0.639. The van der Waals surface area contributed by atoms with Crippen molar-refractivity contribution >= 4 is 23.6 Å². The molecule has 0 saturated heterocycles. The van der Waals surface area contributed by atoms with E-state index in [1.165, 1.54) is 22.7 Å². The van der Waals surface area contributed by atoms with Gasteiger partial charge in [-0.3, -0.25) is 9.59 Å². The first-order valence-corrected chi connectivity index (χ1v) is 10.8. The minimum Gasteiger partial charge on any atom is -0.352 e. The highest BCUT2D eigenvalue weighted by atomic mass is 32.2. The Labute approximate surface area is 176 Å². The summed E-state index contributed by atoms with van der Waals surface area (Å²) in [6.07, 6.45) is 0.795. The van der Waals surface area contributed by atoms with Gasteiger partial charge in [-0.2, -0.15) is 0 Å². The monoisotopic (exact) mass is 416 g/mol. The van der Waals surface area contributed by atoms with E-state index in [1.807, 2.05) is 45.0 Å². The lowest BCUT2D eigenvalue weighted by Crippen LogP contribution is -2.50. The third-order valence-electron chi connectivity index (χ3n) is 4.85. The van der Waals surface area contributed by atoms with Crippen LogP contribution in [0.2, 0.25) is 0 Å². The van der Waals surface area contributed by atoms with E-state index in [0.717, 1.165) is 16.9 Å². The van der Waals surface area contributed by atoms with E-state index in [9.17, 15) is 14.0 Å². The molecule has 0 aromatic heterocycles. The molecule has 0 bridgehead atoms. The summed E-state index contributed by atoms with van der Waals surface area (Å²) in [4.78, 5) is 28.1. The Morgan fingerprint density at radius 1 is 1.10 bits per heavy atom. The van der Waals surface area contributed by atoms with Crippen molar-refractivity contribution < 1.29 is 14.0 Å². The molecule has 2 aromatic rings. The molecule has 6 heteroatoms. The van der Waals surface area contributed by atoms with Gasteiger partial charge < -0.3 is 10.2 Å². The Bertz CT molecular complexity index is 826. The van der Waals surface area contributed by atoms with Crippen LogP contribution in [0.25, 0.3) is 0 Å². The van der Waals surface area contributed by atoms with Gasteiger partial charge in [-0.15, -0.1) is 11.8 Å². The molecule has 1 N–H and O–H groups in total. The fraction of sp³-hybridized carbons (Fsp3) is 0.391. The predicted octanol–water partition coefficient (Wildman–Crippen LogP) is 4.56. The average Bonchev–Trinajstić information content (AvgIpc) is 2.71. The molecule has 0 fully saturated rings. The molecule has 0 spiro atoms. The maximum Gasteiger partial charge on any atom is 0.242 e. The lowest BCUT2D eigenvalue weighted by molar-refractivity contribution is -0.139. The molecule has 2 amide bonds. The van der Waals surface area contributed by atoms with Crippen molar-refractivity contribution in [2.24, 2.45) is 0 Å². The number of hydrogen-bond donors (Lipinski definition) is 1. The van der Waals surface area contributed by atoms with Crippen LogP contribution in [0.1, 0.15) is 38.3 Å². The van der Waals surface area contributed by atoms with Crippen molar-refractivity contribution in [2.75, 3.05) is 5.75 Å². The van der Waals surface area contributed by atoms with Gasteiger partial charge in [0.15, 0.2) is 0 Å². The second-order valence-corrected chi connectivity index (χ2v) is 8.26. The number of amides is 2. The normalized spacial score (nSPS) is 12.9. The Kier molecular flexibility index (Phi) is 8.70. The highest BCUT2D eigenvalue weighted by molar-refractivity contribution is 8.00. The number of nitrogens with zero attached hydrogens (tertiary/aromatic N) is 1. The van der Waals surface area contributed by atoms with Crippen molar-refractivity contribution in [2.45, 2.75) is 57.6 Å². The standard InChI is InChI=1S/C23H29FN2O2S/c1-5-17(3)25-23(28)18(4)26(14-19-8-6-7-9-21(19)24)22(27)15-29-20-12-10-16(2)11-13-20/h6-13,17-18H,5,14-15H2,1-4H3,(H,25,28). The molecule has 0 saturated carbocycles. The first kappa shape index (κ1) is 22.9. The summed E-state index contributed by atoms with van der Waals surface area (Å²) < 4.78 is 14.2. The van der Waals surface area contributed by atoms with Gasteiger partial charge in [0.1, 0.15) is 11.9 Å². The molecule has 0 aliphatic heterocycles. The molecular weight excluding hydrogens is 387 g/mol. The van der Waals surface area contributed by atoms with E-state index in [2.05, 4.69) is 5.32 Å². The molecular formula is C23H29FN2O2S. The molecule has 156 valence electrons. The van der Waals surface area contributed by atoms with Gasteiger partial charge in [0.2, 0.25) is 11.8 Å². The zero-order chi connectivity index (χ0) is 21.4. The van der Waals surface area contributed by atoms with Crippen LogP contribution in [0.3, 0.4) is 0 Å². The topological polar surface area (TPSA) is 49.4 Å². The van der Waals surface area contributed by atoms with E-state index >= 15 is 0 Å². The van der Waals surface area contributed by atoms with E-state index < -0.39 is 6.04 Å². The Balaban J connectivity index is 2.15. The highest BCUT2D eigenvalue weighted by Gasteiger charge is 2.27. The number of nitrogens with one attached hydrogen (secondary N) is 1. The number of rotatable bonds is 9. The molecule has 2 aromatic carbocycles. The SMILES string of the molecule is CCC(C)NC(=O)C(C)N(Cc1ccccc1F)C(=O)CSc1ccc(C)cc1. The van der Waals surface area contributed by atoms with Crippen molar-refractivity contribution in [3.05, 3.63) is 65.5 Å². The van der Waals surface area contributed by atoms with Gasteiger partial charge in [0.25, 0.3) is 0 Å². The zero-order valence-corrected chi connectivity index (χ0v) is 18.3. The average molecular weight is 417 g/mol. The minimum absolute atomic E-state index is 0.0114. The largest absolute Gasteiger partial charge is 0.352 e. The summed E-state index contributed by atoms with van der Waals surface area (Å²) in [5.41, 5.74) is 1.54. The van der Waals surface area contributed by atoms with Crippen molar-refractivity contribution in [1.29, 1.82) is 0 Å². The lowest BCUT2D eigenvalue weighted by Gasteiger charge is -2.29. The minimum atomic E-state index is -0.699. The van der Waals surface area contributed by atoms with Gasteiger partial charge in [0.05, 0.1) is 5.75 Å². The molecule has 0 radical (unpaired) electrons. The highest BCUT2D eigenvalue weighted by Crippen LogP contribution is 2.21. The van der Waals surface area contributed by atoms with Gasteiger partial charge in [0, 0.05) is 23.0 Å². The predicted molar refractivity (Wildman–Crippen MR) is 116 cm³/mol. The fourth-order valence-corrected chi connectivity index (χ4v) is 3.51. The maximum atomic E-state index is 14.2. The van der Waals surface area contributed by atoms with Crippen LogP contribution in [0.15, 0.2) is 53.4 Å². The second-order valence-electron chi connectivity index (χ2n) is 7.21. The second kappa shape index (κ2) is 11.0. The van der Waals surface area contributed by atoms with E-state index in [-0.39, 0.29) is 36.0 Å². The smallest absolute Gasteiger partial charge is 0.242 e.